The number of carbonyl (C=O) groups excluding carboxylic acids is 1. The average Bonchev–Trinajstić information content (AvgIpc) is 2.39. The molecule has 1 N–H and O–H groups in total. The number of carbonyl (C=O) groups is 1. The molecule has 0 unspecified atom stereocenters. The summed E-state index contributed by atoms with van der Waals surface area (Å²) in [6.07, 6.45) is 1.55. The van der Waals surface area contributed by atoms with Crippen LogP contribution in [0.1, 0.15) is 21.5 Å². The molecule has 0 spiro atoms. The first-order valence-electron chi connectivity index (χ1n) is 5.81. The second-order valence-corrected chi connectivity index (χ2v) is 4.56. The molecule has 2 rings (SSSR count). The number of nitrogens with zero attached hydrogens (tertiary/aromatic N) is 1. The minimum absolute atomic E-state index is 0.238. The number of rotatable bonds is 3. The van der Waals surface area contributed by atoms with E-state index in [-0.39, 0.29) is 5.91 Å². The zero-order chi connectivity index (χ0) is 13.7. The normalized spacial score (nSPS) is 10.6. The van der Waals surface area contributed by atoms with E-state index in [2.05, 4.69) is 10.5 Å². The molecule has 0 bridgehead atoms. The molecule has 0 aliphatic carbocycles. The first-order chi connectivity index (χ1) is 9.15. The average molecular weight is 273 g/mol. The monoisotopic (exact) mass is 272 g/mol. The predicted octanol–water partition coefficient (Wildman–Crippen LogP) is 3.41. The Hall–Kier alpha value is -2.13. The van der Waals surface area contributed by atoms with Gasteiger partial charge in [0.15, 0.2) is 0 Å². The molecule has 3 nitrogen and oxygen atoms in total. The molecule has 0 heterocycles. The minimum atomic E-state index is -0.238. The number of hydrogen-bond acceptors (Lipinski definition) is 2. The molecular weight excluding hydrogens is 260 g/mol. The standard InChI is InChI=1S/C15H13ClN2O/c1-11-5-7-13(8-6-11)15(19)18-17-10-12-3-2-4-14(16)9-12/h2-10H,1H3,(H,18,19)/b17-10+. The van der Waals surface area contributed by atoms with Crippen molar-refractivity contribution in [1.82, 2.24) is 5.43 Å². The molecule has 2 aromatic rings. The Kier molecular flexibility index (Phi) is 4.31. The fourth-order valence-electron chi connectivity index (χ4n) is 1.52. The number of benzene rings is 2. The van der Waals surface area contributed by atoms with E-state index in [0.29, 0.717) is 10.6 Å². The molecule has 4 heteroatoms. The molecule has 0 fully saturated rings. The van der Waals surface area contributed by atoms with E-state index in [0.717, 1.165) is 11.1 Å². The molecule has 0 aromatic heterocycles. The number of amides is 1. The smallest absolute Gasteiger partial charge is 0.267 e. The van der Waals surface area contributed by atoms with Crippen molar-refractivity contribution in [2.24, 2.45) is 5.10 Å². The summed E-state index contributed by atoms with van der Waals surface area (Å²) in [5, 5.41) is 4.53. The van der Waals surface area contributed by atoms with Crippen LogP contribution >= 0.6 is 11.6 Å². The maximum atomic E-state index is 11.8. The van der Waals surface area contributed by atoms with Gasteiger partial charge in [0, 0.05) is 10.6 Å². The Bertz CT molecular complexity index is 606. The third-order valence-corrected chi connectivity index (χ3v) is 2.78. The third kappa shape index (κ3) is 3.93. The van der Waals surface area contributed by atoms with Crippen molar-refractivity contribution in [3.63, 3.8) is 0 Å². The van der Waals surface area contributed by atoms with E-state index in [1.165, 1.54) is 0 Å². The number of nitrogens with one attached hydrogen (secondary N) is 1. The van der Waals surface area contributed by atoms with E-state index >= 15 is 0 Å². The van der Waals surface area contributed by atoms with Crippen molar-refractivity contribution in [1.29, 1.82) is 0 Å². The van der Waals surface area contributed by atoms with Crippen LogP contribution in [0.2, 0.25) is 5.02 Å². The van der Waals surface area contributed by atoms with Crippen LogP contribution < -0.4 is 5.43 Å². The highest BCUT2D eigenvalue weighted by Gasteiger charge is 2.02. The van der Waals surface area contributed by atoms with Crippen LogP contribution in [0, 0.1) is 6.92 Å². The van der Waals surface area contributed by atoms with Gasteiger partial charge in [-0.3, -0.25) is 4.79 Å². The summed E-state index contributed by atoms with van der Waals surface area (Å²) in [5.41, 5.74) is 4.99. The van der Waals surface area contributed by atoms with Crippen molar-refractivity contribution >= 4 is 23.7 Å². The quantitative estimate of drug-likeness (QED) is 0.675. The first kappa shape index (κ1) is 13.3. The summed E-state index contributed by atoms with van der Waals surface area (Å²) >= 11 is 5.85. The summed E-state index contributed by atoms with van der Waals surface area (Å²) in [6.45, 7) is 1.97. The van der Waals surface area contributed by atoms with Gasteiger partial charge < -0.3 is 0 Å². The SMILES string of the molecule is Cc1ccc(C(=O)N/N=C/c2cccc(Cl)c2)cc1. The van der Waals surface area contributed by atoms with E-state index in [1.807, 2.05) is 31.2 Å². The molecule has 0 atom stereocenters. The molecule has 0 radical (unpaired) electrons. The van der Waals surface area contributed by atoms with Crippen molar-refractivity contribution in [3.8, 4) is 0 Å². The first-order valence-corrected chi connectivity index (χ1v) is 6.18. The highest BCUT2D eigenvalue weighted by Crippen LogP contribution is 2.08. The Labute approximate surface area is 116 Å². The van der Waals surface area contributed by atoms with Gasteiger partial charge in [0.2, 0.25) is 0 Å². The minimum Gasteiger partial charge on any atom is -0.267 e. The van der Waals surface area contributed by atoms with Crippen LogP contribution in [-0.2, 0) is 0 Å². The van der Waals surface area contributed by atoms with E-state index < -0.39 is 0 Å². The predicted molar refractivity (Wildman–Crippen MR) is 77.7 cm³/mol. The summed E-state index contributed by atoms with van der Waals surface area (Å²) < 4.78 is 0. The highest BCUT2D eigenvalue weighted by atomic mass is 35.5. The maximum absolute atomic E-state index is 11.8. The molecule has 0 aliphatic heterocycles. The number of halogens is 1. The second kappa shape index (κ2) is 6.16. The fraction of sp³-hybridized carbons (Fsp3) is 0.0667. The van der Waals surface area contributed by atoms with Gasteiger partial charge in [-0.1, -0.05) is 41.4 Å². The van der Waals surface area contributed by atoms with Crippen molar-refractivity contribution in [2.45, 2.75) is 6.92 Å². The largest absolute Gasteiger partial charge is 0.271 e. The molecule has 2 aromatic carbocycles. The Morgan fingerprint density at radius 1 is 1.21 bits per heavy atom. The number of aryl methyl sites for hydroxylation is 1. The van der Waals surface area contributed by atoms with Gasteiger partial charge in [0.25, 0.3) is 5.91 Å². The fourth-order valence-corrected chi connectivity index (χ4v) is 1.72. The van der Waals surface area contributed by atoms with Crippen LogP contribution in [0.25, 0.3) is 0 Å². The molecule has 1 amide bonds. The molecule has 19 heavy (non-hydrogen) atoms. The summed E-state index contributed by atoms with van der Waals surface area (Å²) in [5.74, 6) is -0.238. The Morgan fingerprint density at radius 3 is 2.63 bits per heavy atom. The van der Waals surface area contributed by atoms with E-state index in [1.54, 1.807) is 30.5 Å². The maximum Gasteiger partial charge on any atom is 0.271 e. The van der Waals surface area contributed by atoms with Gasteiger partial charge in [-0.2, -0.15) is 5.10 Å². The third-order valence-electron chi connectivity index (χ3n) is 2.54. The van der Waals surface area contributed by atoms with Crippen LogP contribution in [0.5, 0.6) is 0 Å². The summed E-state index contributed by atoms with van der Waals surface area (Å²) in [4.78, 5) is 11.8. The van der Waals surface area contributed by atoms with Gasteiger partial charge in [0.05, 0.1) is 6.21 Å². The van der Waals surface area contributed by atoms with Crippen LogP contribution in [0.15, 0.2) is 53.6 Å². The topological polar surface area (TPSA) is 41.5 Å². The number of hydrazone groups is 1. The van der Waals surface area contributed by atoms with Gasteiger partial charge in [-0.05, 0) is 36.8 Å². The van der Waals surface area contributed by atoms with E-state index in [4.69, 9.17) is 11.6 Å². The van der Waals surface area contributed by atoms with Crippen molar-refractivity contribution < 1.29 is 4.79 Å². The van der Waals surface area contributed by atoms with Gasteiger partial charge in [-0.25, -0.2) is 5.43 Å². The lowest BCUT2D eigenvalue weighted by Crippen LogP contribution is -2.17. The Morgan fingerprint density at radius 2 is 1.95 bits per heavy atom. The van der Waals surface area contributed by atoms with Crippen LogP contribution in [0.3, 0.4) is 0 Å². The molecule has 0 aliphatic rings. The summed E-state index contributed by atoms with van der Waals surface area (Å²) in [6, 6.07) is 14.5. The molecular formula is C15H13ClN2O. The van der Waals surface area contributed by atoms with Crippen LogP contribution in [-0.4, -0.2) is 12.1 Å². The highest BCUT2D eigenvalue weighted by molar-refractivity contribution is 6.30. The number of hydrogen-bond donors (Lipinski definition) is 1. The second-order valence-electron chi connectivity index (χ2n) is 4.12. The van der Waals surface area contributed by atoms with Gasteiger partial charge in [-0.15, -0.1) is 0 Å². The molecule has 96 valence electrons. The molecule has 0 saturated heterocycles. The lowest BCUT2D eigenvalue weighted by Gasteiger charge is -2.00. The Balaban J connectivity index is 1.98. The van der Waals surface area contributed by atoms with Crippen LogP contribution in [0.4, 0.5) is 0 Å². The van der Waals surface area contributed by atoms with E-state index in [9.17, 15) is 4.79 Å². The van der Waals surface area contributed by atoms with Gasteiger partial charge >= 0.3 is 0 Å². The summed E-state index contributed by atoms with van der Waals surface area (Å²) in [7, 11) is 0. The lowest BCUT2D eigenvalue weighted by atomic mass is 10.1. The zero-order valence-corrected chi connectivity index (χ0v) is 11.2. The molecule has 0 saturated carbocycles. The van der Waals surface area contributed by atoms with Gasteiger partial charge in [0.1, 0.15) is 0 Å². The van der Waals surface area contributed by atoms with Crippen molar-refractivity contribution in [3.05, 3.63) is 70.2 Å². The lowest BCUT2D eigenvalue weighted by molar-refractivity contribution is 0.0955. The zero-order valence-electron chi connectivity index (χ0n) is 10.4. The van der Waals surface area contributed by atoms with Crippen molar-refractivity contribution in [2.75, 3.05) is 0 Å².